The normalized spacial score (nSPS) is 16.1. The lowest BCUT2D eigenvalue weighted by Gasteiger charge is -2.21. The molecule has 2 nitrogen and oxygen atoms in total. The average Bonchev–Trinajstić information content (AvgIpc) is 2.37. The van der Waals surface area contributed by atoms with E-state index in [0.29, 0.717) is 6.04 Å². The second-order valence-electron chi connectivity index (χ2n) is 2.98. The molecule has 0 unspecified atom stereocenters. The maximum Gasteiger partial charge on any atom is 0.161 e. The molecule has 1 rings (SSSR count). The minimum atomic E-state index is 0.553. The maximum atomic E-state index is 5.34. The lowest BCUT2D eigenvalue weighted by Crippen LogP contribution is -2.26. The van der Waals surface area contributed by atoms with E-state index in [4.69, 9.17) is 4.74 Å². The molecule has 0 radical (unpaired) electrons. The third kappa shape index (κ3) is 2.43. The molecule has 0 fully saturated rings. The Kier molecular flexibility index (Phi) is 4.79. The summed E-state index contributed by atoms with van der Waals surface area (Å²) in [6, 6.07) is 0.553. The van der Waals surface area contributed by atoms with Crippen molar-refractivity contribution in [2.75, 3.05) is 6.73 Å². The summed E-state index contributed by atoms with van der Waals surface area (Å²) in [7, 11) is 0. The van der Waals surface area contributed by atoms with Crippen LogP contribution < -0.4 is 0 Å². The first-order chi connectivity index (χ1) is 5.63. The van der Waals surface area contributed by atoms with Gasteiger partial charge in [0.05, 0.1) is 5.70 Å². The molecule has 2 heteroatoms. The van der Waals surface area contributed by atoms with Gasteiger partial charge in [-0.25, -0.2) is 0 Å². The fourth-order valence-corrected chi connectivity index (χ4v) is 1.11. The Morgan fingerprint density at radius 2 is 1.75 bits per heavy atom. The van der Waals surface area contributed by atoms with E-state index in [-0.39, 0.29) is 0 Å². The van der Waals surface area contributed by atoms with Crippen molar-refractivity contribution in [1.29, 1.82) is 0 Å². The highest BCUT2D eigenvalue weighted by Gasteiger charge is 2.18. The van der Waals surface area contributed by atoms with Crippen LogP contribution in [0.2, 0.25) is 0 Å². The Morgan fingerprint density at radius 1 is 1.25 bits per heavy atom. The van der Waals surface area contributed by atoms with Gasteiger partial charge >= 0.3 is 0 Å². The molecule has 1 aliphatic heterocycles. The first kappa shape index (κ1) is 11.3. The number of allylic oxidation sites excluding steroid dienone is 2. The molecule has 0 atom stereocenters. The van der Waals surface area contributed by atoms with Crippen molar-refractivity contribution < 1.29 is 4.74 Å². The largest absolute Gasteiger partial charge is 0.476 e. The zero-order valence-electron chi connectivity index (χ0n) is 9.14. The highest BCUT2D eigenvalue weighted by Crippen LogP contribution is 2.20. The van der Waals surface area contributed by atoms with Gasteiger partial charge in [-0.2, -0.15) is 0 Å². The number of ether oxygens (including phenoxy) is 1. The Morgan fingerprint density at radius 3 is 1.92 bits per heavy atom. The molecule has 0 aromatic carbocycles. The molecule has 1 heterocycles. The molecule has 0 aromatic heterocycles. The standard InChI is InChI=1S/C8H15NO.C2H6/c1-6(2)9-5-10-8(4)7(9)3;1-2/h6H,5H2,1-4H3;1-2H3. The van der Waals surface area contributed by atoms with E-state index >= 15 is 0 Å². The van der Waals surface area contributed by atoms with Gasteiger partial charge in [-0.15, -0.1) is 0 Å². The van der Waals surface area contributed by atoms with Crippen LogP contribution in [0.4, 0.5) is 0 Å². The summed E-state index contributed by atoms with van der Waals surface area (Å²) in [6.45, 7) is 13.2. The van der Waals surface area contributed by atoms with E-state index in [1.807, 2.05) is 20.8 Å². The van der Waals surface area contributed by atoms with Gasteiger partial charge < -0.3 is 9.64 Å². The van der Waals surface area contributed by atoms with Crippen LogP contribution in [0.3, 0.4) is 0 Å². The summed E-state index contributed by atoms with van der Waals surface area (Å²) in [5.41, 5.74) is 1.27. The van der Waals surface area contributed by atoms with Crippen LogP contribution in [0.15, 0.2) is 11.5 Å². The molecule has 1 aliphatic rings. The Labute approximate surface area is 76.2 Å². The lowest BCUT2D eigenvalue weighted by molar-refractivity contribution is 0.130. The van der Waals surface area contributed by atoms with Crippen LogP contribution in [-0.4, -0.2) is 17.7 Å². The molecule has 0 aliphatic carbocycles. The van der Waals surface area contributed by atoms with Crippen LogP contribution in [0, 0.1) is 0 Å². The Bertz CT molecular complexity index is 161. The van der Waals surface area contributed by atoms with Crippen LogP contribution in [0.1, 0.15) is 41.5 Å². The van der Waals surface area contributed by atoms with E-state index in [1.54, 1.807) is 0 Å². The average molecular weight is 171 g/mol. The Hall–Kier alpha value is -0.660. The molecule has 0 bridgehead atoms. The second kappa shape index (κ2) is 5.07. The summed E-state index contributed by atoms with van der Waals surface area (Å²) < 4.78 is 5.34. The summed E-state index contributed by atoms with van der Waals surface area (Å²) in [4.78, 5) is 2.25. The van der Waals surface area contributed by atoms with Gasteiger partial charge in [-0.3, -0.25) is 0 Å². The van der Waals surface area contributed by atoms with E-state index in [0.717, 1.165) is 12.5 Å². The predicted molar refractivity (Wildman–Crippen MR) is 52.6 cm³/mol. The van der Waals surface area contributed by atoms with Gasteiger partial charge in [0, 0.05) is 6.04 Å². The molecular weight excluding hydrogens is 150 g/mol. The van der Waals surface area contributed by atoms with Crippen molar-refractivity contribution in [2.45, 2.75) is 47.6 Å². The van der Waals surface area contributed by atoms with E-state index in [2.05, 4.69) is 25.7 Å². The summed E-state index contributed by atoms with van der Waals surface area (Å²) >= 11 is 0. The SMILES string of the molecule is CC.CC1=C(C)N(C(C)C)CO1. The molecule has 0 saturated carbocycles. The van der Waals surface area contributed by atoms with Crippen molar-refractivity contribution in [1.82, 2.24) is 4.90 Å². The van der Waals surface area contributed by atoms with Gasteiger partial charge in [-0.05, 0) is 27.7 Å². The number of nitrogens with zero attached hydrogens (tertiary/aromatic N) is 1. The van der Waals surface area contributed by atoms with Crippen molar-refractivity contribution in [2.24, 2.45) is 0 Å². The molecule has 0 saturated heterocycles. The first-order valence-electron chi connectivity index (χ1n) is 4.70. The molecule has 72 valence electrons. The van der Waals surface area contributed by atoms with E-state index in [1.165, 1.54) is 5.70 Å². The van der Waals surface area contributed by atoms with Gasteiger partial charge in [0.2, 0.25) is 0 Å². The van der Waals surface area contributed by atoms with Crippen molar-refractivity contribution in [3.63, 3.8) is 0 Å². The van der Waals surface area contributed by atoms with Crippen molar-refractivity contribution in [3.8, 4) is 0 Å². The lowest BCUT2D eigenvalue weighted by atomic mass is 10.3. The fraction of sp³-hybridized carbons (Fsp3) is 0.800. The minimum absolute atomic E-state index is 0.553. The number of rotatable bonds is 1. The van der Waals surface area contributed by atoms with Gasteiger partial charge in [-0.1, -0.05) is 13.8 Å². The summed E-state index contributed by atoms with van der Waals surface area (Å²) in [5.74, 6) is 1.06. The zero-order chi connectivity index (χ0) is 9.72. The van der Waals surface area contributed by atoms with Gasteiger partial charge in [0.15, 0.2) is 6.73 Å². The fourth-order valence-electron chi connectivity index (χ4n) is 1.11. The molecule has 0 spiro atoms. The molecule has 0 amide bonds. The monoisotopic (exact) mass is 171 g/mol. The highest BCUT2D eigenvalue weighted by atomic mass is 16.5. The van der Waals surface area contributed by atoms with Crippen LogP contribution in [-0.2, 0) is 4.74 Å². The topological polar surface area (TPSA) is 12.5 Å². The van der Waals surface area contributed by atoms with E-state index < -0.39 is 0 Å². The summed E-state index contributed by atoms with van der Waals surface area (Å²) in [5, 5.41) is 0. The van der Waals surface area contributed by atoms with Crippen LogP contribution >= 0.6 is 0 Å². The maximum absolute atomic E-state index is 5.34. The predicted octanol–water partition coefficient (Wildman–Crippen LogP) is 2.96. The third-order valence-corrected chi connectivity index (χ3v) is 1.98. The molecule has 0 aromatic rings. The quantitative estimate of drug-likeness (QED) is 0.601. The zero-order valence-corrected chi connectivity index (χ0v) is 9.14. The minimum Gasteiger partial charge on any atom is -0.476 e. The van der Waals surface area contributed by atoms with E-state index in [9.17, 15) is 0 Å². The summed E-state index contributed by atoms with van der Waals surface area (Å²) in [6.07, 6.45) is 0. The third-order valence-electron chi connectivity index (χ3n) is 1.98. The van der Waals surface area contributed by atoms with Gasteiger partial charge in [0.25, 0.3) is 0 Å². The molecule has 0 N–H and O–H groups in total. The smallest absolute Gasteiger partial charge is 0.161 e. The highest BCUT2D eigenvalue weighted by molar-refractivity contribution is 5.06. The van der Waals surface area contributed by atoms with Crippen LogP contribution in [0.5, 0.6) is 0 Å². The molecule has 12 heavy (non-hydrogen) atoms. The number of hydrogen-bond acceptors (Lipinski definition) is 2. The molecular formula is C10H21NO. The first-order valence-corrected chi connectivity index (χ1v) is 4.70. The second-order valence-corrected chi connectivity index (χ2v) is 2.98. The van der Waals surface area contributed by atoms with Crippen LogP contribution in [0.25, 0.3) is 0 Å². The van der Waals surface area contributed by atoms with Gasteiger partial charge in [0.1, 0.15) is 5.76 Å². The van der Waals surface area contributed by atoms with Crippen molar-refractivity contribution >= 4 is 0 Å². The van der Waals surface area contributed by atoms with Crippen molar-refractivity contribution in [3.05, 3.63) is 11.5 Å². The Balaban J connectivity index is 0.000000561. The number of hydrogen-bond donors (Lipinski definition) is 0.